The van der Waals surface area contributed by atoms with Gasteiger partial charge in [-0.05, 0) is 31.7 Å². The third-order valence-electron chi connectivity index (χ3n) is 3.98. The first-order valence-electron chi connectivity index (χ1n) is 7.31. The predicted octanol–water partition coefficient (Wildman–Crippen LogP) is 2.59. The third kappa shape index (κ3) is 2.75. The molecule has 5 nitrogen and oxygen atoms in total. The van der Waals surface area contributed by atoms with Crippen LogP contribution in [-0.2, 0) is 4.74 Å². The Morgan fingerprint density at radius 3 is 2.59 bits per heavy atom. The van der Waals surface area contributed by atoms with Gasteiger partial charge in [-0.3, -0.25) is 4.90 Å². The molecule has 0 atom stereocenters. The number of carbonyl (C=O) groups excluding carboxylic acids is 2. The molecule has 1 aromatic carbocycles. The molecule has 3 rings (SSSR count). The Labute approximate surface area is 126 Å². The summed E-state index contributed by atoms with van der Waals surface area (Å²) in [6.07, 6.45) is 3.26. The third-order valence-corrected chi connectivity index (χ3v) is 3.98. The largest absolute Gasteiger partial charge is 0.459 e. The molecular formula is C15H16F2N2O3. The van der Waals surface area contributed by atoms with Crippen LogP contribution in [0, 0.1) is 11.6 Å². The molecule has 1 aliphatic carbocycles. The molecule has 1 aromatic rings. The summed E-state index contributed by atoms with van der Waals surface area (Å²) in [4.78, 5) is 24.8. The van der Waals surface area contributed by atoms with E-state index in [9.17, 15) is 18.4 Å². The van der Waals surface area contributed by atoms with E-state index >= 15 is 0 Å². The Kier molecular flexibility index (Phi) is 3.96. The molecule has 118 valence electrons. The van der Waals surface area contributed by atoms with E-state index in [1.165, 1.54) is 0 Å². The average Bonchev–Trinajstić information content (AvgIpc) is 3.11. The van der Waals surface area contributed by atoms with Crippen LogP contribution in [0.15, 0.2) is 12.1 Å². The number of halogens is 2. The number of hydrogen-bond acceptors (Lipinski definition) is 3. The number of amides is 2. The molecule has 0 radical (unpaired) electrons. The Bertz CT molecular complexity index is 615. The van der Waals surface area contributed by atoms with Crippen molar-refractivity contribution in [3.05, 3.63) is 29.3 Å². The maximum Gasteiger partial charge on any atom is 0.341 e. The Morgan fingerprint density at radius 2 is 1.95 bits per heavy atom. The molecule has 1 heterocycles. The maximum absolute atomic E-state index is 13.9. The summed E-state index contributed by atoms with van der Waals surface area (Å²) in [6, 6.07) is 1.19. The lowest BCUT2D eigenvalue weighted by Gasteiger charge is -2.17. The van der Waals surface area contributed by atoms with Gasteiger partial charge < -0.3 is 10.1 Å². The second-order valence-corrected chi connectivity index (χ2v) is 5.48. The summed E-state index contributed by atoms with van der Waals surface area (Å²) in [5, 5.41) is 2.53. The standard InChI is InChI=1S/C15H16F2N2O3/c16-11-8-12(17)13(19-6-5-18-15(19)21)7-10(11)14(20)22-9-3-1-2-4-9/h7-9H,1-6H2,(H,18,21). The Balaban J connectivity index is 1.87. The van der Waals surface area contributed by atoms with Crippen molar-refractivity contribution < 1.29 is 23.1 Å². The first-order chi connectivity index (χ1) is 10.6. The van der Waals surface area contributed by atoms with E-state index in [-0.39, 0.29) is 23.9 Å². The first-order valence-corrected chi connectivity index (χ1v) is 7.31. The number of carbonyl (C=O) groups is 2. The molecule has 7 heteroatoms. The van der Waals surface area contributed by atoms with Gasteiger partial charge >= 0.3 is 12.0 Å². The van der Waals surface area contributed by atoms with Crippen LogP contribution in [0.3, 0.4) is 0 Å². The van der Waals surface area contributed by atoms with E-state index < -0.39 is 23.6 Å². The summed E-state index contributed by atoms with van der Waals surface area (Å²) < 4.78 is 33.0. The zero-order valence-corrected chi connectivity index (χ0v) is 11.9. The monoisotopic (exact) mass is 310 g/mol. The van der Waals surface area contributed by atoms with Gasteiger partial charge in [-0.1, -0.05) is 0 Å². The molecule has 22 heavy (non-hydrogen) atoms. The topological polar surface area (TPSA) is 58.6 Å². The van der Waals surface area contributed by atoms with Gasteiger partial charge in [-0.15, -0.1) is 0 Å². The van der Waals surface area contributed by atoms with Gasteiger partial charge in [0.15, 0.2) is 0 Å². The zero-order valence-electron chi connectivity index (χ0n) is 11.9. The van der Waals surface area contributed by atoms with Gasteiger partial charge in [-0.25, -0.2) is 18.4 Å². The van der Waals surface area contributed by atoms with Crippen LogP contribution in [0.25, 0.3) is 0 Å². The fourth-order valence-corrected chi connectivity index (χ4v) is 2.82. The van der Waals surface area contributed by atoms with Crippen molar-refractivity contribution in [1.82, 2.24) is 5.32 Å². The molecule has 0 aromatic heterocycles. The van der Waals surface area contributed by atoms with Gasteiger partial charge in [0, 0.05) is 19.2 Å². The number of nitrogens with one attached hydrogen (secondary N) is 1. The second-order valence-electron chi connectivity index (χ2n) is 5.48. The van der Waals surface area contributed by atoms with Crippen molar-refractivity contribution in [3.8, 4) is 0 Å². The van der Waals surface area contributed by atoms with E-state index in [1.54, 1.807) is 0 Å². The number of anilines is 1. The minimum atomic E-state index is -0.983. The smallest absolute Gasteiger partial charge is 0.341 e. The number of benzene rings is 1. The van der Waals surface area contributed by atoms with Crippen molar-refractivity contribution in [2.75, 3.05) is 18.0 Å². The zero-order chi connectivity index (χ0) is 15.7. The van der Waals surface area contributed by atoms with Crippen molar-refractivity contribution in [3.63, 3.8) is 0 Å². The molecule has 2 fully saturated rings. The minimum absolute atomic E-state index is 0.116. The van der Waals surface area contributed by atoms with Gasteiger partial charge in [0.05, 0.1) is 11.3 Å². The highest BCUT2D eigenvalue weighted by Gasteiger charge is 2.28. The molecule has 2 amide bonds. The molecule has 1 N–H and O–H groups in total. The van der Waals surface area contributed by atoms with Crippen LogP contribution in [0.4, 0.5) is 19.3 Å². The van der Waals surface area contributed by atoms with Crippen LogP contribution in [-0.4, -0.2) is 31.2 Å². The summed E-state index contributed by atoms with van der Waals surface area (Å²) in [6.45, 7) is 0.635. The highest BCUT2D eigenvalue weighted by molar-refractivity contribution is 5.97. The van der Waals surface area contributed by atoms with E-state index in [1.807, 2.05) is 0 Å². The fraction of sp³-hybridized carbons (Fsp3) is 0.467. The molecule has 2 aliphatic rings. The summed E-state index contributed by atoms with van der Waals surface area (Å²) in [5.41, 5.74) is -0.460. The molecule has 1 aliphatic heterocycles. The molecular weight excluding hydrogens is 294 g/mol. The Hall–Kier alpha value is -2.18. The van der Waals surface area contributed by atoms with Crippen LogP contribution in [0.1, 0.15) is 36.0 Å². The van der Waals surface area contributed by atoms with Crippen molar-refractivity contribution >= 4 is 17.7 Å². The Morgan fingerprint density at radius 1 is 1.23 bits per heavy atom. The molecule has 1 saturated carbocycles. The quantitative estimate of drug-likeness (QED) is 0.873. The van der Waals surface area contributed by atoms with Gasteiger partial charge in [0.1, 0.15) is 17.7 Å². The number of urea groups is 1. The first kappa shape index (κ1) is 14.7. The highest BCUT2D eigenvalue weighted by atomic mass is 19.1. The van der Waals surface area contributed by atoms with Crippen LogP contribution >= 0.6 is 0 Å². The van der Waals surface area contributed by atoms with E-state index in [0.29, 0.717) is 12.6 Å². The molecule has 1 saturated heterocycles. The van der Waals surface area contributed by atoms with Crippen molar-refractivity contribution in [1.29, 1.82) is 0 Å². The number of ether oxygens (including phenoxy) is 1. The summed E-state index contributed by atoms with van der Waals surface area (Å²) in [5.74, 6) is -2.68. The van der Waals surface area contributed by atoms with E-state index in [4.69, 9.17) is 4.74 Å². The normalized spacial score (nSPS) is 18.6. The second kappa shape index (κ2) is 5.90. The summed E-state index contributed by atoms with van der Waals surface area (Å²) >= 11 is 0. The number of nitrogens with zero attached hydrogens (tertiary/aromatic N) is 1. The average molecular weight is 310 g/mol. The number of esters is 1. The molecule has 0 unspecified atom stereocenters. The van der Waals surface area contributed by atoms with E-state index in [0.717, 1.165) is 36.6 Å². The lowest BCUT2D eigenvalue weighted by atomic mass is 10.1. The van der Waals surface area contributed by atoms with Crippen molar-refractivity contribution in [2.45, 2.75) is 31.8 Å². The predicted molar refractivity (Wildman–Crippen MR) is 74.8 cm³/mol. The van der Waals surface area contributed by atoms with Gasteiger partial charge in [-0.2, -0.15) is 0 Å². The summed E-state index contributed by atoms with van der Waals surface area (Å²) in [7, 11) is 0. The lowest BCUT2D eigenvalue weighted by Crippen LogP contribution is -2.29. The number of hydrogen-bond donors (Lipinski definition) is 1. The van der Waals surface area contributed by atoms with Gasteiger partial charge in [0.25, 0.3) is 0 Å². The minimum Gasteiger partial charge on any atom is -0.459 e. The van der Waals surface area contributed by atoms with Crippen LogP contribution in [0.2, 0.25) is 0 Å². The SMILES string of the molecule is O=C(OC1CCCC1)c1cc(N2CCNC2=O)c(F)cc1F. The van der Waals surface area contributed by atoms with Gasteiger partial charge in [0.2, 0.25) is 0 Å². The molecule has 0 bridgehead atoms. The van der Waals surface area contributed by atoms with Crippen molar-refractivity contribution in [2.24, 2.45) is 0 Å². The maximum atomic E-state index is 13.9. The molecule has 0 spiro atoms. The fourth-order valence-electron chi connectivity index (χ4n) is 2.82. The van der Waals surface area contributed by atoms with Crippen LogP contribution < -0.4 is 10.2 Å². The van der Waals surface area contributed by atoms with Crippen LogP contribution in [0.5, 0.6) is 0 Å². The van der Waals surface area contributed by atoms with E-state index in [2.05, 4.69) is 5.32 Å². The lowest BCUT2D eigenvalue weighted by molar-refractivity contribution is 0.0312. The number of rotatable bonds is 3. The highest BCUT2D eigenvalue weighted by Crippen LogP contribution is 2.27.